The van der Waals surface area contributed by atoms with Crippen LogP contribution in [0.2, 0.25) is 25.5 Å². The summed E-state index contributed by atoms with van der Waals surface area (Å²) < 4.78 is 142. The zero-order valence-corrected chi connectivity index (χ0v) is 75.5. The number of nitrogens with one attached hydrogen (secondary N) is 1. The molecule has 4 aliphatic carbocycles. The van der Waals surface area contributed by atoms with Gasteiger partial charge in [0.05, 0.1) is 90.9 Å². The number of nitrogens with zero attached hydrogens (tertiary/aromatic N) is 12. The highest BCUT2D eigenvalue weighted by Gasteiger charge is 2.53. The second-order valence-electron chi connectivity index (χ2n) is 32.9. The van der Waals surface area contributed by atoms with E-state index < -0.39 is 39.7 Å². The molecule has 4 aromatic heterocycles. The predicted molar refractivity (Wildman–Crippen MR) is 460 cm³/mol. The lowest BCUT2D eigenvalue weighted by molar-refractivity contribution is 0.0383. The molecule has 10 bridgehead atoms. The van der Waals surface area contributed by atoms with Crippen molar-refractivity contribution < 1.29 is 86.6 Å². The summed E-state index contributed by atoms with van der Waals surface area (Å²) in [6, 6.07) is 8.75. The van der Waals surface area contributed by atoms with Crippen LogP contribution < -0.4 is 29.0 Å². The van der Waals surface area contributed by atoms with E-state index in [0.717, 1.165) is 62.5 Å². The number of aliphatic hydroxyl groups excluding tert-OH is 1. The molecule has 666 valence electrons. The zero-order chi connectivity index (χ0) is 88.0. The molecule has 10 unspecified atom stereocenters. The molecule has 2 aromatic carbocycles. The van der Waals surface area contributed by atoms with Gasteiger partial charge in [0.2, 0.25) is 49.4 Å². The van der Waals surface area contributed by atoms with Gasteiger partial charge < -0.3 is 48.7 Å². The average Bonchev–Trinajstić information content (AvgIpc) is 1.59. The number of aliphatic hydroxyl groups is 1. The van der Waals surface area contributed by atoms with E-state index in [-0.39, 0.29) is 149 Å². The SMILES string of the molecule is COC(=O)N1C2C=C[C@H]1CC(O)C2.COC(=O)N1C2C=C[C@H]1CC(Oc1ncnc(Cl)c1C)C2.Cc1c(Cl)ncnc1OC1CC2C=C[C@@H](C1)N2.Cc1c(Cl)ncnc1OC1CC2C=C[C@@H](C1)N2S(=O)(=O)C1CC1.Cc1c(Oc2ccc(S(=O)(=O)C3CC3)cc2Cl)ncnc1OC1CC2C=C[C@@H](C1)N2S(=O)(=O)C1CC1.O=S(=O)(c1ccc(O)c(Cl)c1)C1CC1. The van der Waals surface area contributed by atoms with E-state index in [1.165, 1.54) is 75.9 Å². The summed E-state index contributed by atoms with van der Waals surface area (Å²) in [5, 5.41) is 22.6. The van der Waals surface area contributed by atoms with Gasteiger partial charge in [-0.15, -0.1) is 0 Å². The number of benzene rings is 2. The predicted octanol–water partition coefficient (Wildman–Crippen LogP) is 12.6. The number of carbonyl (C=O) groups excluding carboxylic acids is 2. The Balaban J connectivity index is 0.000000120. The minimum Gasteiger partial charge on any atom is -0.506 e. The number of rotatable bonds is 18. The van der Waals surface area contributed by atoms with E-state index in [9.17, 15) is 48.4 Å². The monoisotopic (exact) mass is 1880 g/mol. The normalized spacial score (nSPS) is 27.8. The molecule has 2 amide bonds. The lowest BCUT2D eigenvalue weighted by Gasteiger charge is -2.38. The third kappa shape index (κ3) is 20.4. The second-order valence-corrected chi connectivity index (χ2v) is 43.5. The first-order valence-electron chi connectivity index (χ1n) is 41.1. The quantitative estimate of drug-likeness (QED) is 0.0531. The molecule has 0 radical (unpaired) electrons. The van der Waals surface area contributed by atoms with Crippen LogP contribution in [0.1, 0.15) is 138 Å². The van der Waals surface area contributed by atoms with E-state index in [1.807, 2.05) is 69.4 Å². The number of sulfone groups is 2. The minimum absolute atomic E-state index is 0.0128. The van der Waals surface area contributed by atoms with Crippen molar-refractivity contribution in [1.29, 1.82) is 0 Å². The molecule has 41 heteroatoms. The molecule has 14 aliphatic rings. The summed E-state index contributed by atoms with van der Waals surface area (Å²) in [6.07, 6.45) is 37.8. The van der Waals surface area contributed by atoms with Crippen LogP contribution in [-0.4, -0.2) is 241 Å². The molecule has 15 atom stereocenters. The molecule has 9 fully saturated rings. The van der Waals surface area contributed by atoms with E-state index in [4.69, 9.17) is 91.5 Å². The maximum Gasteiger partial charge on any atom is 0.410 e. The van der Waals surface area contributed by atoms with Gasteiger partial charge in [-0.05, 0) is 128 Å². The van der Waals surface area contributed by atoms with Crippen molar-refractivity contribution in [2.75, 3.05) is 14.2 Å². The summed E-state index contributed by atoms with van der Waals surface area (Å²) in [6.45, 7) is 7.29. The maximum absolute atomic E-state index is 12.8. The second kappa shape index (κ2) is 37.7. The number of hydrogen-bond donors (Lipinski definition) is 3. The number of amides is 2. The van der Waals surface area contributed by atoms with E-state index in [1.54, 1.807) is 25.3 Å². The standard InChI is InChI=1S/C24H26ClN3O6S2.C15H18ClN3O3S.C14H16ClN3O3.C12H14ClN3O.C9H9ClO3S.C9H13NO3/c1-14-23(33-17-10-15-2-3-16(11-17)28(15)36(31,32)19-6-7-19)26-13-27-24(14)34-22-9-8-20(12-21(22)25)35(29,30)18-4-5-18;1-9-14(16)17-8-18-15(9)22-12-6-10-2-3-11(7-12)19(10)23(20,21)13-4-5-13;1-8-12(15)16-7-17-13(8)21-11-5-9-3-4-10(6-11)18(9)14(19)20-2;1-7-11(13)14-6-15-12(7)17-10-4-8-2-3-9(5-10)16-8;10-8-5-7(3-4-9(8)11)14(12,13)6-1-2-6;1-13-9(12)10-6-2-3-7(10)5-8(11)4-6/h2-3,8-9,12-13,15-19H,4-7,10-11H2,1H3;2-3,8,10-13H,4-7H2,1H3;3-4,7,9-11H,5-6H2,1-2H3;2-3,6,8-10,16H,4-5H2,1H3;3-6,11H,1-2H2;2-3,6-8,11H,4-5H2,1H3/t15-,16?,17?;10-,11?,12?;9-,10?,11?;8-,9?,10?;;6-,7?,8?/m0000.0/s1. The Bertz CT molecular complexity index is 5580. The lowest BCUT2D eigenvalue weighted by atomic mass is 9.99. The van der Waals surface area contributed by atoms with Gasteiger partial charge in [-0.3, -0.25) is 9.80 Å². The number of hydrogen-bond acceptors (Lipinski definition) is 28. The molecule has 4 saturated carbocycles. The number of methoxy groups -OCH3 is 2. The summed E-state index contributed by atoms with van der Waals surface area (Å²) in [5.41, 5.74) is 2.82. The van der Waals surface area contributed by atoms with Gasteiger partial charge in [-0.2, -0.15) is 8.61 Å². The number of piperidine rings is 5. The Hall–Kier alpha value is -8.11. The number of aromatic nitrogens is 8. The lowest BCUT2D eigenvalue weighted by Crippen LogP contribution is -2.50. The number of carbonyl (C=O) groups is 2. The molecule has 5 saturated heterocycles. The molecule has 20 rings (SSSR count). The highest BCUT2D eigenvalue weighted by molar-refractivity contribution is 7.92. The Labute approximate surface area is 745 Å². The van der Waals surface area contributed by atoms with E-state index in [2.05, 4.69) is 62.1 Å². The van der Waals surface area contributed by atoms with Gasteiger partial charge in [0.1, 0.15) is 76.7 Å². The molecule has 6 aromatic rings. The van der Waals surface area contributed by atoms with Crippen molar-refractivity contribution in [3.05, 3.63) is 170 Å². The average molecular weight is 1890 g/mol. The number of aromatic hydroxyl groups is 1. The van der Waals surface area contributed by atoms with Crippen LogP contribution in [0.15, 0.2) is 132 Å². The molecular weight excluding hydrogens is 1790 g/mol. The highest BCUT2D eigenvalue weighted by atomic mass is 35.5. The van der Waals surface area contributed by atoms with Gasteiger partial charge in [-0.1, -0.05) is 119 Å². The van der Waals surface area contributed by atoms with Crippen molar-refractivity contribution in [1.82, 2.24) is 63.6 Å². The first-order chi connectivity index (χ1) is 59.2. The topological polar surface area (TPSA) is 404 Å². The zero-order valence-electron chi connectivity index (χ0n) is 68.5. The van der Waals surface area contributed by atoms with Gasteiger partial charge in [0.15, 0.2) is 19.7 Å². The number of halogens is 5. The van der Waals surface area contributed by atoms with E-state index in [0.29, 0.717) is 126 Å². The Morgan fingerprint density at radius 2 is 0.710 bits per heavy atom. The van der Waals surface area contributed by atoms with Gasteiger partial charge in [-0.25, -0.2) is 83.1 Å². The summed E-state index contributed by atoms with van der Waals surface area (Å²) in [4.78, 5) is 59.6. The molecule has 10 aliphatic heterocycles. The third-order valence-electron chi connectivity index (χ3n) is 23.9. The molecule has 124 heavy (non-hydrogen) atoms. The number of sulfonamides is 2. The van der Waals surface area contributed by atoms with E-state index >= 15 is 0 Å². The fourth-order valence-corrected chi connectivity index (χ4v) is 25.4. The fourth-order valence-electron chi connectivity index (χ4n) is 16.9. The minimum atomic E-state index is -3.36. The number of phenols is 1. The molecule has 3 N–H and O–H groups in total. The Morgan fingerprint density at radius 1 is 0.395 bits per heavy atom. The summed E-state index contributed by atoms with van der Waals surface area (Å²) in [5.74, 6) is 2.37. The molecular formula is C83H96Cl5N13O19S4. The van der Waals surface area contributed by atoms with Crippen LogP contribution in [0.5, 0.6) is 40.9 Å². The fraction of sp³-hybridized carbons (Fsp3) is 0.518. The van der Waals surface area contributed by atoms with Crippen LogP contribution in [0.4, 0.5) is 9.59 Å². The van der Waals surface area contributed by atoms with Gasteiger partial charge in [0, 0.05) is 104 Å². The van der Waals surface area contributed by atoms with Crippen LogP contribution in [0.3, 0.4) is 0 Å². The number of ether oxygens (including phenoxy) is 7. The third-order valence-corrected chi connectivity index (χ3v) is 35.1. The van der Waals surface area contributed by atoms with Gasteiger partial charge >= 0.3 is 12.2 Å². The summed E-state index contributed by atoms with van der Waals surface area (Å²) >= 11 is 29.9. The maximum atomic E-state index is 12.8. The smallest absolute Gasteiger partial charge is 0.410 e. The van der Waals surface area contributed by atoms with Crippen LogP contribution in [0, 0.1) is 27.7 Å². The largest absolute Gasteiger partial charge is 0.506 e. The number of phenolic OH excluding ortho intramolecular Hbond substituents is 1. The Morgan fingerprint density at radius 3 is 1.06 bits per heavy atom. The first kappa shape index (κ1) is 90.7. The van der Waals surface area contributed by atoms with Gasteiger partial charge in [0.25, 0.3) is 0 Å². The van der Waals surface area contributed by atoms with Crippen LogP contribution >= 0.6 is 58.0 Å². The molecule has 14 heterocycles. The highest BCUT2D eigenvalue weighted by Crippen LogP contribution is 2.46. The summed E-state index contributed by atoms with van der Waals surface area (Å²) in [7, 11) is -10.2. The van der Waals surface area contributed by atoms with Crippen molar-refractivity contribution in [3.8, 4) is 40.9 Å². The van der Waals surface area contributed by atoms with Crippen LogP contribution in [-0.2, 0) is 49.2 Å². The molecule has 0 spiro atoms. The first-order valence-corrected chi connectivity index (χ1v) is 49.1. The molecule has 32 nitrogen and oxygen atoms in total. The van der Waals surface area contributed by atoms with Crippen molar-refractivity contribution >= 4 is 110 Å². The van der Waals surface area contributed by atoms with Crippen molar-refractivity contribution in [2.45, 2.75) is 265 Å². The van der Waals surface area contributed by atoms with Crippen molar-refractivity contribution in [2.24, 2.45) is 0 Å². The van der Waals surface area contributed by atoms with Crippen LogP contribution in [0.25, 0.3) is 0 Å². The van der Waals surface area contributed by atoms with Crippen molar-refractivity contribution in [3.63, 3.8) is 0 Å². The Kier molecular flexibility index (Phi) is 27.5. The number of fused-ring (bicyclic) bond motifs is 10.